The van der Waals surface area contributed by atoms with Crippen LogP contribution in [0.15, 0.2) is 30.3 Å². The summed E-state index contributed by atoms with van der Waals surface area (Å²) in [5.74, 6) is 4.18. The second-order valence-electron chi connectivity index (χ2n) is 8.05. The van der Waals surface area contributed by atoms with Gasteiger partial charge in [0, 0.05) is 12.1 Å². The zero-order valence-electron chi connectivity index (χ0n) is 13.3. The Morgan fingerprint density at radius 3 is 2.19 bits per heavy atom. The van der Waals surface area contributed by atoms with Crippen molar-refractivity contribution in [2.45, 2.75) is 64.0 Å². The monoisotopic (exact) mass is 283 g/mol. The summed E-state index contributed by atoms with van der Waals surface area (Å²) in [7, 11) is 0. The smallest absolute Gasteiger partial charge is 0.0126 e. The fourth-order valence-electron chi connectivity index (χ4n) is 5.64. The third kappa shape index (κ3) is 2.90. The summed E-state index contributed by atoms with van der Waals surface area (Å²) in [6, 6.07) is 12.4. The van der Waals surface area contributed by atoms with Crippen LogP contribution in [-0.2, 0) is 6.42 Å². The second kappa shape index (κ2) is 5.76. The molecule has 21 heavy (non-hydrogen) atoms. The van der Waals surface area contributed by atoms with Crippen molar-refractivity contribution in [3.63, 3.8) is 0 Å². The van der Waals surface area contributed by atoms with Crippen molar-refractivity contribution >= 4 is 0 Å². The van der Waals surface area contributed by atoms with Crippen molar-refractivity contribution in [1.29, 1.82) is 0 Å². The molecule has 0 amide bonds. The van der Waals surface area contributed by atoms with E-state index in [4.69, 9.17) is 0 Å². The van der Waals surface area contributed by atoms with Crippen LogP contribution in [-0.4, -0.2) is 12.1 Å². The third-order valence-corrected chi connectivity index (χ3v) is 6.41. The first-order valence-electron chi connectivity index (χ1n) is 9.08. The second-order valence-corrected chi connectivity index (χ2v) is 8.05. The van der Waals surface area contributed by atoms with Gasteiger partial charge in [0.1, 0.15) is 0 Å². The molecule has 1 atom stereocenters. The first kappa shape index (κ1) is 13.8. The van der Waals surface area contributed by atoms with Crippen LogP contribution in [0.5, 0.6) is 0 Å². The van der Waals surface area contributed by atoms with Gasteiger partial charge in [-0.25, -0.2) is 0 Å². The average molecular weight is 283 g/mol. The summed E-state index contributed by atoms with van der Waals surface area (Å²) in [6.45, 7) is 2.40. The van der Waals surface area contributed by atoms with Gasteiger partial charge in [0.2, 0.25) is 0 Å². The summed E-state index contributed by atoms with van der Waals surface area (Å²) in [6.07, 6.45) is 10.1. The molecule has 1 nitrogen and oxygen atoms in total. The topological polar surface area (TPSA) is 12.0 Å². The molecule has 0 heterocycles. The van der Waals surface area contributed by atoms with Crippen LogP contribution in [0.2, 0.25) is 0 Å². The lowest BCUT2D eigenvalue weighted by Gasteiger charge is -2.55. The molecular formula is C20H29N. The van der Waals surface area contributed by atoms with E-state index in [1.54, 1.807) is 6.42 Å². The largest absolute Gasteiger partial charge is 0.311 e. The summed E-state index contributed by atoms with van der Waals surface area (Å²) >= 11 is 0. The first-order valence-corrected chi connectivity index (χ1v) is 9.08. The van der Waals surface area contributed by atoms with Crippen molar-refractivity contribution in [3.8, 4) is 0 Å². The molecule has 0 aromatic heterocycles. The lowest BCUT2D eigenvalue weighted by Crippen LogP contribution is -2.56. The predicted molar refractivity (Wildman–Crippen MR) is 88.2 cm³/mol. The quantitative estimate of drug-likeness (QED) is 0.843. The molecule has 1 aromatic carbocycles. The number of hydrogen-bond donors (Lipinski definition) is 1. The zero-order valence-corrected chi connectivity index (χ0v) is 13.3. The van der Waals surface area contributed by atoms with Gasteiger partial charge < -0.3 is 5.32 Å². The summed E-state index contributed by atoms with van der Waals surface area (Å²) in [5.41, 5.74) is 1.48. The Kier molecular flexibility index (Phi) is 3.79. The third-order valence-electron chi connectivity index (χ3n) is 6.41. The molecule has 4 saturated carbocycles. The van der Waals surface area contributed by atoms with E-state index in [0.717, 1.165) is 29.7 Å². The molecule has 4 aliphatic rings. The minimum atomic E-state index is 0.660. The van der Waals surface area contributed by atoms with Crippen LogP contribution in [0.1, 0.15) is 51.0 Å². The van der Waals surface area contributed by atoms with Gasteiger partial charge >= 0.3 is 0 Å². The standard InChI is InChI=1S/C20H29N/c1-14(7-8-15-5-3-2-4-6-15)21-20-18-10-16-9-17(12-18)13-19(20)11-16/h2-6,14,16-21H,7-13H2,1H3. The van der Waals surface area contributed by atoms with Gasteiger partial charge in [-0.05, 0) is 81.1 Å². The SMILES string of the molecule is CC(CCc1ccccc1)NC1C2CC3CC(C2)CC1C3. The van der Waals surface area contributed by atoms with E-state index in [2.05, 4.69) is 42.6 Å². The van der Waals surface area contributed by atoms with Crippen LogP contribution in [0.4, 0.5) is 0 Å². The van der Waals surface area contributed by atoms with E-state index >= 15 is 0 Å². The Balaban J connectivity index is 1.31. The van der Waals surface area contributed by atoms with Gasteiger partial charge in [-0.1, -0.05) is 30.3 Å². The maximum absolute atomic E-state index is 4.03. The molecule has 0 radical (unpaired) electrons. The molecule has 0 saturated heterocycles. The lowest BCUT2D eigenvalue weighted by atomic mass is 9.54. The van der Waals surface area contributed by atoms with E-state index in [0.29, 0.717) is 6.04 Å². The summed E-state index contributed by atoms with van der Waals surface area (Å²) < 4.78 is 0. The van der Waals surface area contributed by atoms with E-state index in [1.807, 2.05) is 0 Å². The molecular weight excluding hydrogens is 254 g/mol. The summed E-state index contributed by atoms with van der Waals surface area (Å²) in [4.78, 5) is 0. The van der Waals surface area contributed by atoms with E-state index in [-0.39, 0.29) is 0 Å². The summed E-state index contributed by atoms with van der Waals surface area (Å²) in [5, 5.41) is 4.03. The van der Waals surface area contributed by atoms with Crippen molar-refractivity contribution < 1.29 is 0 Å². The number of benzene rings is 1. The number of nitrogens with one attached hydrogen (secondary N) is 1. The van der Waals surface area contributed by atoms with Gasteiger partial charge in [0.25, 0.3) is 0 Å². The van der Waals surface area contributed by atoms with E-state index in [9.17, 15) is 0 Å². The molecule has 0 spiro atoms. The lowest BCUT2D eigenvalue weighted by molar-refractivity contribution is -0.0172. The zero-order chi connectivity index (χ0) is 14.2. The molecule has 1 aromatic rings. The van der Waals surface area contributed by atoms with Crippen LogP contribution < -0.4 is 5.32 Å². The maximum Gasteiger partial charge on any atom is 0.0126 e. The van der Waals surface area contributed by atoms with Crippen molar-refractivity contribution in [1.82, 2.24) is 5.32 Å². The Labute approximate surface area is 129 Å². The molecule has 1 heteroatoms. The minimum Gasteiger partial charge on any atom is -0.311 e. The highest BCUT2D eigenvalue weighted by molar-refractivity contribution is 5.14. The normalized spacial score (nSPS) is 38.6. The van der Waals surface area contributed by atoms with Gasteiger partial charge in [0.15, 0.2) is 0 Å². The van der Waals surface area contributed by atoms with Gasteiger partial charge in [-0.3, -0.25) is 0 Å². The molecule has 4 bridgehead atoms. The molecule has 114 valence electrons. The number of aryl methyl sites for hydroxylation is 1. The Bertz CT molecular complexity index is 438. The number of rotatable bonds is 5. The molecule has 0 aliphatic heterocycles. The van der Waals surface area contributed by atoms with Gasteiger partial charge in [-0.15, -0.1) is 0 Å². The van der Waals surface area contributed by atoms with Crippen LogP contribution in [0, 0.1) is 23.7 Å². The Morgan fingerprint density at radius 2 is 1.57 bits per heavy atom. The predicted octanol–water partition coefficient (Wildman–Crippen LogP) is 4.42. The number of hydrogen-bond acceptors (Lipinski definition) is 1. The van der Waals surface area contributed by atoms with Crippen LogP contribution in [0.3, 0.4) is 0 Å². The highest BCUT2D eigenvalue weighted by Gasteiger charge is 2.48. The first-order chi connectivity index (χ1) is 10.3. The van der Waals surface area contributed by atoms with Crippen molar-refractivity contribution in [2.75, 3.05) is 0 Å². The van der Waals surface area contributed by atoms with Crippen molar-refractivity contribution in [3.05, 3.63) is 35.9 Å². The molecule has 4 fully saturated rings. The Hall–Kier alpha value is -0.820. The van der Waals surface area contributed by atoms with Gasteiger partial charge in [0.05, 0.1) is 0 Å². The van der Waals surface area contributed by atoms with Crippen LogP contribution >= 0.6 is 0 Å². The van der Waals surface area contributed by atoms with Gasteiger partial charge in [-0.2, -0.15) is 0 Å². The van der Waals surface area contributed by atoms with Crippen molar-refractivity contribution in [2.24, 2.45) is 23.7 Å². The Morgan fingerprint density at radius 1 is 0.952 bits per heavy atom. The fraction of sp³-hybridized carbons (Fsp3) is 0.700. The van der Waals surface area contributed by atoms with E-state index < -0.39 is 0 Å². The fourth-order valence-corrected chi connectivity index (χ4v) is 5.64. The van der Waals surface area contributed by atoms with E-state index in [1.165, 1.54) is 44.1 Å². The average Bonchev–Trinajstić information content (AvgIpc) is 2.49. The highest BCUT2D eigenvalue weighted by atomic mass is 15.0. The molecule has 1 unspecified atom stereocenters. The minimum absolute atomic E-state index is 0.660. The molecule has 4 aliphatic carbocycles. The van der Waals surface area contributed by atoms with Crippen LogP contribution in [0.25, 0.3) is 0 Å². The molecule has 1 N–H and O–H groups in total. The molecule has 5 rings (SSSR count). The maximum atomic E-state index is 4.03. The highest BCUT2D eigenvalue weighted by Crippen LogP contribution is 2.53.